The largest absolute Gasteiger partial charge is 0.494 e. The standard InChI is InChI=1S/C26H28N2O4/c1-6-30-16-10-8-15-9-11-19(31-7-2)21(17(15)12-16)23-22-18(29)13-26(3,4)14-20(22)32-25(27)24(23)28-5/h8-12,23H,6-7,13-14,27H2,1-4H3. The number of Topliss-reactive ketones (excluding diaryl/α,β-unsaturated/α-hetero) is 1. The minimum absolute atomic E-state index is 0.0182. The lowest BCUT2D eigenvalue weighted by Crippen LogP contribution is -2.33. The van der Waals surface area contributed by atoms with Crippen LogP contribution in [0.4, 0.5) is 0 Å². The number of fused-ring (bicyclic) bond motifs is 1. The molecule has 32 heavy (non-hydrogen) atoms. The monoisotopic (exact) mass is 432 g/mol. The molecule has 1 unspecified atom stereocenters. The van der Waals surface area contributed by atoms with Crippen LogP contribution in [0.25, 0.3) is 15.6 Å². The highest BCUT2D eigenvalue weighted by molar-refractivity contribution is 6.02. The number of nitrogens with zero attached hydrogens (tertiary/aromatic N) is 1. The molecule has 2 aromatic carbocycles. The van der Waals surface area contributed by atoms with Crippen LogP contribution in [0.5, 0.6) is 11.5 Å². The zero-order chi connectivity index (χ0) is 23.0. The average Bonchev–Trinajstić information content (AvgIpc) is 2.72. The predicted octanol–water partition coefficient (Wildman–Crippen LogP) is 5.44. The molecule has 2 aromatic rings. The fraction of sp³-hybridized carbons (Fsp3) is 0.385. The van der Waals surface area contributed by atoms with Crippen LogP contribution in [-0.4, -0.2) is 19.0 Å². The fourth-order valence-corrected chi connectivity index (χ4v) is 4.69. The molecule has 1 atom stereocenters. The zero-order valence-corrected chi connectivity index (χ0v) is 19.0. The highest BCUT2D eigenvalue weighted by Gasteiger charge is 2.44. The van der Waals surface area contributed by atoms with Crippen LogP contribution in [0.1, 0.15) is 52.0 Å². The maximum Gasteiger partial charge on any atom is 0.235 e. The number of benzene rings is 2. The van der Waals surface area contributed by atoms with E-state index >= 15 is 0 Å². The molecule has 0 aromatic heterocycles. The third kappa shape index (κ3) is 3.69. The highest BCUT2D eigenvalue weighted by Crippen LogP contribution is 2.51. The van der Waals surface area contributed by atoms with Gasteiger partial charge in [-0.3, -0.25) is 4.79 Å². The van der Waals surface area contributed by atoms with E-state index in [2.05, 4.69) is 4.85 Å². The van der Waals surface area contributed by atoms with E-state index in [1.54, 1.807) is 0 Å². The van der Waals surface area contributed by atoms with Crippen LogP contribution in [0.2, 0.25) is 0 Å². The molecule has 0 bridgehead atoms. The Bertz CT molecular complexity index is 1200. The maximum atomic E-state index is 13.4. The SMILES string of the molecule is [C-]#[N+]C1=C(N)OC2=C(C(=O)CC(C)(C)C2)C1c1c(OCC)ccc2ccc(OCC)cc12. The molecule has 0 radical (unpaired) electrons. The van der Waals surface area contributed by atoms with E-state index in [-0.39, 0.29) is 22.8 Å². The van der Waals surface area contributed by atoms with E-state index in [4.69, 9.17) is 26.5 Å². The Labute approximate surface area is 188 Å². The molecule has 6 heteroatoms. The van der Waals surface area contributed by atoms with Crippen molar-refractivity contribution in [3.8, 4) is 11.5 Å². The molecule has 2 aliphatic rings. The minimum atomic E-state index is -0.651. The molecular weight excluding hydrogens is 404 g/mol. The molecule has 0 saturated heterocycles. The Hall–Kier alpha value is -3.46. The lowest BCUT2D eigenvalue weighted by atomic mass is 9.70. The fourth-order valence-electron chi connectivity index (χ4n) is 4.69. The summed E-state index contributed by atoms with van der Waals surface area (Å²) in [6, 6.07) is 9.71. The zero-order valence-electron chi connectivity index (χ0n) is 19.0. The molecular formula is C26H28N2O4. The van der Waals surface area contributed by atoms with Crippen LogP contribution in [0, 0.1) is 12.0 Å². The third-order valence-corrected chi connectivity index (χ3v) is 5.94. The first-order valence-electron chi connectivity index (χ1n) is 10.9. The molecule has 0 amide bonds. The normalized spacial score (nSPS) is 20.0. The maximum absolute atomic E-state index is 13.4. The number of ether oxygens (including phenoxy) is 3. The van der Waals surface area contributed by atoms with Gasteiger partial charge in [-0.05, 0) is 48.2 Å². The summed E-state index contributed by atoms with van der Waals surface area (Å²) in [5, 5.41) is 1.83. The Morgan fingerprint density at radius 2 is 1.88 bits per heavy atom. The number of hydrogen-bond acceptors (Lipinski definition) is 5. The summed E-state index contributed by atoms with van der Waals surface area (Å²) in [7, 11) is 0. The van der Waals surface area contributed by atoms with Crippen LogP contribution in [0.15, 0.2) is 53.2 Å². The summed E-state index contributed by atoms with van der Waals surface area (Å²) >= 11 is 0. The second-order valence-electron chi connectivity index (χ2n) is 8.90. The first-order chi connectivity index (χ1) is 15.3. The first kappa shape index (κ1) is 21.8. The second-order valence-corrected chi connectivity index (χ2v) is 8.90. The van der Waals surface area contributed by atoms with Gasteiger partial charge in [-0.15, -0.1) is 0 Å². The van der Waals surface area contributed by atoms with Crippen molar-refractivity contribution in [1.82, 2.24) is 0 Å². The van der Waals surface area contributed by atoms with Gasteiger partial charge < -0.3 is 19.9 Å². The Morgan fingerprint density at radius 1 is 1.16 bits per heavy atom. The van der Waals surface area contributed by atoms with Gasteiger partial charge in [-0.25, -0.2) is 4.85 Å². The number of rotatable bonds is 5. The quantitative estimate of drug-likeness (QED) is 0.637. The number of hydrogen-bond donors (Lipinski definition) is 1. The highest BCUT2D eigenvalue weighted by atomic mass is 16.5. The van der Waals surface area contributed by atoms with Crippen LogP contribution in [-0.2, 0) is 9.53 Å². The van der Waals surface area contributed by atoms with Crippen molar-refractivity contribution in [3.05, 3.63) is 70.2 Å². The smallest absolute Gasteiger partial charge is 0.235 e. The number of allylic oxidation sites excluding steroid dienone is 2. The average molecular weight is 433 g/mol. The lowest BCUT2D eigenvalue weighted by molar-refractivity contribution is -0.119. The summed E-state index contributed by atoms with van der Waals surface area (Å²) in [5.41, 5.74) is 7.48. The van der Waals surface area contributed by atoms with Crippen molar-refractivity contribution >= 4 is 16.6 Å². The molecule has 6 nitrogen and oxygen atoms in total. The van der Waals surface area contributed by atoms with Crippen LogP contribution in [0.3, 0.4) is 0 Å². The number of carbonyl (C=O) groups is 1. The summed E-state index contributed by atoms with van der Waals surface area (Å²) in [6.07, 6.45) is 0.964. The minimum Gasteiger partial charge on any atom is -0.494 e. The molecule has 1 aliphatic heterocycles. The Morgan fingerprint density at radius 3 is 2.56 bits per heavy atom. The van der Waals surface area contributed by atoms with Crippen LogP contribution >= 0.6 is 0 Å². The van der Waals surface area contributed by atoms with Gasteiger partial charge in [0.05, 0.1) is 25.7 Å². The summed E-state index contributed by atoms with van der Waals surface area (Å²) in [6.45, 7) is 16.8. The summed E-state index contributed by atoms with van der Waals surface area (Å²) < 4.78 is 17.6. The third-order valence-electron chi connectivity index (χ3n) is 5.94. The van der Waals surface area contributed by atoms with E-state index in [1.165, 1.54) is 0 Å². The summed E-state index contributed by atoms with van der Waals surface area (Å²) in [4.78, 5) is 17.1. The van der Waals surface area contributed by atoms with E-state index in [0.717, 1.165) is 16.3 Å². The molecule has 0 saturated carbocycles. The first-order valence-corrected chi connectivity index (χ1v) is 10.9. The van der Waals surface area contributed by atoms with Gasteiger partial charge in [0, 0.05) is 24.0 Å². The van der Waals surface area contributed by atoms with E-state index < -0.39 is 5.92 Å². The molecule has 1 aliphatic carbocycles. The van der Waals surface area contributed by atoms with Gasteiger partial charge >= 0.3 is 0 Å². The topological polar surface area (TPSA) is 75.1 Å². The van der Waals surface area contributed by atoms with Crippen molar-refractivity contribution in [1.29, 1.82) is 0 Å². The van der Waals surface area contributed by atoms with Crippen molar-refractivity contribution in [2.45, 2.75) is 46.5 Å². The Kier molecular flexibility index (Phi) is 5.60. The van der Waals surface area contributed by atoms with Crippen molar-refractivity contribution in [2.24, 2.45) is 11.1 Å². The van der Waals surface area contributed by atoms with Gasteiger partial charge in [-0.1, -0.05) is 26.0 Å². The van der Waals surface area contributed by atoms with Gasteiger partial charge in [-0.2, -0.15) is 0 Å². The van der Waals surface area contributed by atoms with Crippen molar-refractivity contribution < 1.29 is 19.0 Å². The lowest BCUT2D eigenvalue weighted by Gasteiger charge is -2.37. The van der Waals surface area contributed by atoms with Gasteiger partial charge in [0.25, 0.3) is 0 Å². The molecule has 0 spiro atoms. The van der Waals surface area contributed by atoms with Crippen molar-refractivity contribution in [3.63, 3.8) is 0 Å². The predicted molar refractivity (Wildman–Crippen MR) is 123 cm³/mol. The van der Waals surface area contributed by atoms with Gasteiger partial charge in [0.2, 0.25) is 5.70 Å². The molecule has 0 fully saturated rings. The number of carbonyl (C=O) groups excluding carboxylic acids is 1. The van der Waals surface area contributed by atoms with Gasteiger partial charge in [0.15, 0.2) is 11.7 Å². The number of ketones is 1. The summed E-state index contributed by atoms with van der Waals surface area (Å²) in [5.74, 6) is 1.28. The molecule has 2 N–H and O–H groups in total. The molecule has 1 heterocycles. The molecule has 4 rings (SSSR count). The van der Waals surface area contributed by atoms with E-state index in [1.807, 2.05) is 58.0 Å². The molecule has 166 valence electrons. The van der Waals surface area contributed by atoms with E-state index in [9.17, 15) is 4.79 Å². The van der Waals surface area contributed by atoms with E-state index in [0.29, 0.717) is 48.9 Å². The van der Waals surface area contributed by atoms with Crippen molar-refractivity contribution in [2.75, 3.05) is 13.2 Å². The Balaban J connectivity index is 2.05. The number of nitrogens with two attached hydrogens (primary N) is 1. The second kappa shape index (κ2) is 8.23. The van der Waals surface area contributed by atoms with Crippen LogP contribution < -0.4 is 15.2 Å². The van der Waals surface area contributed by atoms with Gasteiger partial charge in [0.1, 0.15) is 17.3 Å².